The van der Waals surface area contributed by atoms with Crippen molar-refractivity contribution in [1.82, 2.24) is 0 Å². The van der Waals surface area contributed by atoms with E-state index in [1.807, 2.05) is 13.1 Å². The van der Waals surface area contributed by atoms with Gasteiger partial charge in [-0.2, -0.15) is 0 Å². The lowest BCUT2D eigenvalue weighted by molar-refractivity contribution is 0.372. The molecule has 1 unspecified atom stereocenters. The first-order valence-electron chi connectivity index (χ1n) is 11.9. The summed E-state index contributed by atoms with van der Waals surface area (Å²) in [5.74, 6) is 0. The minimum atomic E-state index is 0.0986. The molecule has 31 heavy (non-hydrogen) atoms. The quantitative estimate of drug-likeness (QED) is 0.324. The summed E-state index contributed by atoms with van der Waals surface area (Å²) >= 11 is 0. The fourth-order valence-corrected chi connectivity index (χ4v) is 4.79. The standard InChI is InChI=1S/C29H48N2/c1-18-14-13-15-29(11,12)28(18)27(10)26(9)25(8)24(7)23(6)22(5)21(4)19(2)16-31-17-20(3)30/h16,20H,13-15,17,30H2,1-12H3/b21-19+,23-22+,25-24+,27-26+,31-16?. The van der Waals surface area contributed by atoms with E-state index in [1.165, 1.54) is 63.8 Å². The summed E-state index contributed by atoms with van der Waals surface area (Å²) in [4.78, 5) is 4.48. The van der Waals surface area contributed by atoms with Crippen molar-refractivity contribution in [3.63, 3.8) is 0 Å². The van der Waals surface area contributed by atoms with Crippen LogP contribution in [0, 0.1) is 5.41 Å². The average molecular weight is 425 g/mol. The fraction of sp³-hybridized carbons (Fsp3) is 0.621. The van der Waals surface area contributed by atoms with Crippen LogP contribution in [0.2, 0.25) is 0 Å². The predicted octanol–water partition coefficient (Wildman–Crippen LogP) is 8.28. The Labute approximate surface area is 193 Å². The molecule has 0 heterocycles. The summed E-state index contributed by atoms with van der Waals surface area (Å²) in [6.07, 6.45) is 5.79. The van der Waals surface area contributed by atoms with Gasteiger partial charge in [0.25, 0.3) is 0 Å². The molecule has 0 saturated heterocycles. The van der Waals surface area contributed by atoms with Crippen LogP contribution in [0.1, 0.15) is 102 Å². The van der Waals surface area contributed by atoms with Crippen molar-refractivity contribution in [3.05, 3.63) is 55.7 Å². The zero-order valence-corrected chi connectivity index (χ0v) is 22.5. The Morgan fingerprint density at radius 1 is 0.903 bits per heavy atom. The highest BCUT2D eigenvalue weighted by atomic mass is 14.8. The van der Waals surface area contributed by atoms with Gasteiger partial charge in [0.15, 0.2) is 0 Å². The van der Waals surface area contributed by atoms with Crippen LogP contribution in [0.25, 0.3) is 0 Å². The SMILES string of the molecule is CC1=C(/C(C)=C(C)/C(C)=C(C)/C(C)=C(C)/C(C)=C(\C)C=NCC(C)N)C(C)(C)CCC1. The van der Waals surface area contributed by atoms with Crippen LogP contribution >= 0.6 is 0 Å². The molecular formula is C29H48N2. The molecule has 1 rings (SSSR count). The Bertz CT molecular complexity index is 864. The lowest BCUT2D eigenvalue weighted by atomic mass is 9.69. The maximum atomic E-state index is 5.81. The molecule has 2 heteroatoms. The number of aliphatic imine (C=N–C) groups is 1. The molecule has 0 bridgehead atoms. The van der Waals surface area contributed by atoms with Gasteiger partial charge in [0.2, 0.25) is 0 Å². The van der Waals surface area contributed by atoms with Gasteiger partial charge in [-0.15, -0.1) is 0 Å². The Balaban J connectivity index is 3.43. The van der Waals surface area contributed by atoms with E-state index >= 15 is 0 Å². The van der Waals surface area contributed by atoms with E-state index in [1.54, 1.807) is 11.1 Å². The molecule has 0 fully saturated rings. The van der Waals surface area contributed by atoms with Gasteiger partial charge in [-0.1, -0.05) is 19.4 Å². The minimum absolute atomic E-state index is 0.0986. The van der Waals surface area contributed by atoms with Gasteiger partial charge in [-0.05, 0) is 144 Å². The monoisotopic (exact) mass is 424 g/mol. The summed E-state index contributed by atoms with van der Waals surface area (Å²) in [7, 11) is 0. The summed E-state index contributed by atoms with van der Waals surface area (Å²) in [6, 6.07) is 0.0986. The highest BCUT2D eigenvalue weighted by Crippen LogP contribution is 2.45. The third-order valence-electron chi connectivity index (χ3n) is 7.48. The van der Waals surface area contributed by atoms with Gasteiger partial charge in [0.05, 0.1) is 6.54 Å². The Morgan fingerprint density at radius 2 is 1.39 bits per heavy atom. The molecule has 2 N–H and O–H groups in total. The average Bonchev–Trinajstić information content (AvgIpc) is 2.69. The van der Waals surface area contributed by atoms with E-state index in [2.05, 4.69) is 81.2 Å². The van der Waals surface area contributed by atoms with Gasteiger partial charge >= 0.3 is 0 Å². The molecule has 0 aromatic heterocycles. The fourth-order valence-electron chi connectivity index (χ4n) is 4.79. The molecule has 0 spiro atoms. The first-order valence-corrected chi connectivity index (χ1v) is 11.9. The number of hydrogen-bond acceptors (Lipinski definition) is 2. The molecule has 0 radical (unpaired) electrons. The first kappa shape index (κ1) is 27.4. The zero-order valence-electron chi connectivity index (χ0n) is 22.5. The van der Waals surface area contributed by atoms with Gasteiger partial charge in [0.1, 0.15) is 0 Å². The molecule has 0 aromatic rings. The molecule has 1 aliphatic rings. The number of rotatable bonds is 7. The molecule has 1 aliphatic carbocycles. The maximum absolute atomic E-state index is 5.81. The van der Waals surface area contributed by atoms with E-state index < -0.39 is 0 Å². The van der Waals surface area contributed by atoms with Crippen LogP contribution in [0.5, 0.6) is 0 Å². The first-order chi connectivity index (χ1) is 14.2. The molecule has 0 amide bonds. The lowest BCUT2D eigenvalue weighted by Crippen LogP contribution is -2.21. The number of allylic oxidation sites excluding steroid dienone is 10. The van der Waals surface area contributed by atoms with Crippen LogP contribution in [-0.2, 0) is 0 Å². The van der Waals surface area contributed by atoms with E-state index in [4.69, 9.17) is 5.73 Å². The van der Waals surface area contributed by atoms with Crippen molar-refractivity contribution in [2.75, 3.05) is 6.54 Å². The predicted molar refractivity (Wildman–Crippen MR) is 141 cm³/mol. The molecular weight excluding hydrogens is 376 g/mol. The van der Waals surface area contributed by atoms with Crippen LogP contribution in [0.4, 0.5) is 0 Å². The van der Waals surface area contributed by atoms with E-state index in [9.17, 15) is 0 Å². The largest absolute Gasteiger partial charge is 0.326 e. The number of hydrogen-bond donors (Lipinski definition) is 1. The second-order valence-corrected chi connectivity index (χ2v) is 10.4. The minimum Gasteiger partial charge on any atom is -0.326 e. The second kappa shape index (κ2) is 11.3. The van der Waals surface area contributed by atoms with E-state index in [0.717, 1.165) is 0 Å². The normalized spacial score (nSPS) is 21.5. The topological polar surface area (TPSA) is 38.4 Å². The van der Waals surface area contributed by atoms with Crippen LogP contribution < -0.4 is 5.73 Å². The number of nitrogens with zero attached hydrogens (tertiary/aromatic N) is 1. The summed E-state index contributed by atoms with van der Waals surface area (Å²) in [5.41, 5.74) is 20.1. The van der Waals surface area contributed by atoms with Gasteiger partial charge in [-0.3, -0.25) is 4.99 Å². The maximum Gasteiger partial charge on any atom is 0.0538 e. The smallest absolute Gasteiger partial charge is 0.0538 e. The molecule has 0 aliphatic heterocycles. The molecule has 1 atom stereocenters. The Kier molecular flexibility index (Phi) is 9.95. The second-order valence-electron chi connectivity index (χ2n) is 10.4. The highest BCUT2D eigenvalue weighted by molar-refractivity contribution is 5.80. The van der Waals surface area contributed by atoms with Crippen LogP contribution in [0.15, 0.2) is 60.7 Å². The van der Waals surface area contributed by atoms with Crippen LogP contribution in [0.3, 0.4) is 0 Å². The third-order valence-corrected chi connectivity index (χ3v) is 7.48. The van der Waals surface area contributed by atoms with Gasteiger partial charge < -0.3 is 5.73 Å². The highest BCUT2D eigenvalue weighted by Gasteiger charge is 2.30. The van der Waals surface area contributed by atoms with Crippen molar-refractivity contribution in [2.45, 2.75) is 108 Å². The van der Waals surface area contributed by atoms with Gasteiger partial charge in [-0.25, -0.2) is 0 Å². The van der Waals surface area contributed by atoms with E-state index in [0.29, 0.717) is 6.54 Å². The zero-order chi connectivity index (χ0) is 24.1. The van der Waals surface area contributed by atoms with Crippen LogP contribution in [-0.4, -0.2) is 18.8 Å². The Morgan fingerprint density at radius 3 is 1.87 bits per heavy atom. The van der Waals surface area contributed by atoms with Crippen molar-refractivity contribution in [1.29, 1.82) is 0 Å². The van der Waals surface area contributed by atoms with Crippen molar-refractivity contribution in [3.8, 4) is 0 Å². The summed E-state index contributed by atoms with van der Waals surface area (Å²) in [5, 5.41) is 0. The van der Waals surface area contributed by atoms with Crippen molar-refractivity contribution < 1.29 is 0 Å². The third kappa shape index (κ3) is 6.91. The van der Waals surface area contributed by atoms with E-state index in [-0.39, 0.29) is 11.5 Å². The lowest BCUT2D eigenvalue weighted by Gasteiger charge is -2.36. The van der Waals surface area contributed by atoms with Crippen molar-refractivity contribution >= 4 is 6.21 Å². The molecule has 0 saturated carbocycles. The Hall–Kier alpha value is -1.67. The van der Waals surface area contributed by atoms with Gasteiger partial charge in [0, 0.05) is 12.3 Å². The summed E-state index contributed by atoms with van der Waals surface area (Å²) < 4.78 is 0. The molecule has 174 valence electrons. The van der Waals surface area contributed by atoms with Crippen molar-refractivity contribution in [2.24, 2.45) is 16.1 Å². The summed E-state index contributed by atoms with van der Waals surface area (Å²) in [6.45, 7) is 27.8. The molecule has 2 nitrogen and oxygen atoms in total. The molecule has 0 aromatic carbocycles. The number of nitrogens with two attached hydrogens (primary N) is 1.